The SMILES string of the molecule is CC(C)CN1CCC(C)NC(CCC(=O)O)C1=O. The van der Waals surface area contributed by atoms with Gasteiger partial charge in [0.2, 0.25) is 5.91 Å². The lowest BCUT2D eigenvalue weighted by Gasteiger charge is -2.25. The van der Waals surface area contributed by atoms with Crippen molar-refractivity contribution in [1.29, 1.82) is 0 Å². The molecule has 18 heavy (non-hydrogen) atoms. The summed E-state index contributed by atoms with van der Waals surface area (Å²) >= 11 is 0. The maximum Gasteiger partial charge on any atom is 0.303 e. The zero-order valence-electron chi connectivity index (χ0n) is 11.5. The van der Waals surface area contributed by atoms with Gasteiger partial charge in [-0.15, -0.1) is 0 Å². The summed E-state index contributed by atoms with van der Waals surface area (Å²) in [4.78, 5) is 24.8. The van der Waals surface area contributed by atoms with E-state index in [1.54, 1.807) is 0 Å². The van der Waals surface area contributed by atoms with Crippen molar-refractivity contribution in [2.24, 2.45) is 5.92 Å². The number of hydrogen-bond donors (Lipinski definition) is 2. The number of amides is 1. The second-order valence-electron chi connectivity index (χ2n) is 5.52. The predicted molar refractivity (Wildman–Crippen MR) is 69.3 cm³/mol. The van der Waals surface area contributed by atoms with E-state index in [4.69, 9.17) is 5.11 Å². The van der Waals surface area contributed by atoms with E-state index >= 15 is 0 Å². The molecular weight excluding hydrogens is 232 g/mol. The van der Waals surface area contributed by atoms with Gasteiger partial charge in [-0.3, -0.25) is 9.59 Å². The van der Waals surface area contributed by atoms with Crippen LogP contribution in [0.25, 0.3) is 0 Å². The number of aliphatic carboxylic acids is 1. The molecule has 0 aromatic heterocycles. The van der Waals surface area contributed by atoms with Crippen molar-refractivity contribution in [2.45, 2.75) is 52.1 Å². The first kappa shape index (κ1) is 15.0. The lowest BCUT2D eigenvalue weighted by Crippen LogP contribution is -2.46. The molecule has 5 heteroatoms. The molecular formula is C13H24N2O3. The molecule has 0 spiro atoms. The third kappa shape index (κ3) is 4.64. The molecule has 1 amide bonds. The van der Waals surface area contributed by atoms with Crippen molar-refractivity contribution < 1.29 is 14.7 Å². The molecule has 1 aliphatic rings. The number of carbonyl (C=O) groups is 2. The summed E-state index contributed by atoms with van der Waals surface area (Å²) in [6.07, 6.45) is 1.32. The molecule has 104 valence electrons. The first-order valence-electron chi connectivity index (χ1n) is 6.66. The number of hydrogen-bond acceptors (Lipinski definition) is 3. The minimum Gasteiger partial charge on any atom is -0.481 e. The van der Waals surface area contributed by atoms with E-state index in [9.17, 15) is 9.59 Å². The van der Waals surface area contributed by atoms with Crippen LogP contribution in [0.3, 0.4) is 0 Å². The highest BCUT2D eigenvalue weighted by Gasteiger charge is 2.29. The van der Waals surface area contributed by atoms with E-state index < -0.39 is 5.97 Å². The minimum absolute atomic E-state index is 0.0334. The predicted octanol–water partition coefficient (Wildman–Crippen LogP) is 1.09. The molecule has 1 heterocycles. The Balaban J connectivity index is 2.67. The van der Waals surface area contributed by atoms with Gasteiger partial charge in [-0.2, -0.15) is 0 Å². The Bertz CT molecular complexity index is 305. The largest absolute Gasteiger partial charge is 0.481 e. The molecule has 0 bridgehead atoms. The Labute approximate surface area is 109 Å². The number of nitrogens with one attached hydrogen (secondary N) is 1. The van der Waals surface area contributed by atoms with Gasteiger partial charge in [-0.1, -0.05) is 13.8 Å². The monoisotopic (exact) mass is 256 g/mol. The van der Waals surface area contributed by atoms with Crippen LogP contribution in [-0.2, 0) is 9.59 Å². The van der Waals surface area contributed by atoms with Crippen molar-refractivity contribution in [3.63, 3.8) is 0 Å². The van der Waals surface area contributed by atoms with Crippen LogP contribution in [0.1, 0.15) is 40.0 Å². The van der Waals surface area contributed by atoms with Crippen LogP contribution in [0.4, 0.5) is 0 Å². The third-order valence-corrected chi connectivity index (χ3v) is 3.16. The summed E-state index contributed by atoms with van der Waals surface area (Å²) < 4.78 is 0. The number of carbonyl (C=O) groups excluding carboxylic acids is 1. The molecule has 1 aliphatic heterocycles. The first-order chi connectivity index (χ1) is 8.40. The first-order valence-corrected chi connectivity index (χ1v) is 6.66. The van der Waals surface area contributed by atoms with E-state index in [0.29, 0.717) is 12.3 Å². The molecule has 0 aliphatic carbocycles. The van der Waals surface area contributed by atoms with E-state index in [1.165, 1.54) is 0 Å². The highest BCUT2D eigenvalue weighted by atomic mass is 16.4. The summed E-state index contributed by atoms with van der Waals surface area (Å²) in [5, 5.41) is 12.0. The van der Waals surface area contributed by atoms with Crippen LogP contribution in [-0.4, -0.2) is 47.1 Å². The van der Waals surface area contributed by atoms with E-state index in [2.05, 4.69) is 19.2 Å². The van der Waals surface area contributed by atoms with Crippen LogP contribution >= 0.6 is 0 Å². The Morgan fingerprint density at radius 1 is 1.56 bits per heavy atom. The fourth-order valence-electron chi connectivity index (χ4n) is 2.27. The molecule has 1 rings (SSSR count). The van der Waals surface area contributed by atoms with Crippen molar-refractivity contribution in [3.8, 4) is 0 Å². The molecule has 0 saturated carbocycles. The molecule has 2 N–H and O–H groups in total. The fourth-order valence-corrected chi connectivity index (χ4v) is 2.27. The number of carboxylic acids is 1. The summed E-state index contributed by atoms with van der Waals surface area (Å²) in [5.41, 5.74) is 0. The smallest absolute Gasteiger partial charge is 0.303 e. The fraction of sp³-hybridized carbons (Fsp3) is 0.846. The topological polar surface area (TPSA) is 69.6 Å². The number of carboxylic acid groups (broad SMARTS) is 1. The average molecular weight is 256 g/mol. The summed E-state index contributed by atoms with van der Waals surface area (Å²) in [6.45, 7) is 7.72. The van der Waals surface area contributed by atoms with Gasteiger partial charge in [-0.25, -0.2) is 0 Å². The Morgan fingerprint density at radius 2 is 2.22 bits per heavy atom. The van der Waals surface area contributed by atoms with Gasteiger partial charge >= 0.3 is 5.97 Å². The Morgan fingerprint density at radius 3 is 2.78 bits per heavy atom. The van der Waals surface area contributed by atoms with Crippen molar-refractivity contribution in [3.05, 3.63) is 0 Å². The maximum absolute atomic E-state index is 12.3. The molecule has 2 unspecified atom stereocenters. The van der Waals surface area contributed by atoms with E-state index in [-0.39, 0.29) is 24.4 Å². The van der Waals surface area contributed by atoms with Gasteiger partial charge in [0.1, 0.15) is 0 Å². The Kier molecular flexibility index (Phi) is 5.59. The average Bonchev–Trinajstić information content (AvgIpc) is 2.39. The van der Waals surface area contributed by atoms with Crippen LogP contribution in [0.5, 0.6) is 0 Å². The second-order valence-corrected chi connectivity index (χ2v) is 5.52. The summed E-state index contributed by atoms with van der Waals surface area (Å²) in [5.74, 6) is -0.367. The lowest BCUT2D eigenvalue weighted by atomic mass is 10.1. The van der Waals surface area contributed by atoms with Crippen molar-refractivity contribution in [2.75, 3.05) is 13.1 Å². The van der Waals surface area contributed by atoms with E-state index in [1.807, 2.05) is 11.8 Å². The molecule has 5 nitrogen and oxygen atoms in total. The molecule has 0 aromatic carbocycles. The van der Waals surface area contributed by atoms with Crippen molar-refractivity contribution >= 4 is 11.9 Å². The second kappa shape index (κ2) is 6.73. The maximum atomic E-state index is 12.3. The van der Waals surface area contributed by atoms with Gasteiger partial charge in [-0.05, 0) is 25.7 Å². The quantitative estimate of drug-likeness (QED) is 0.772. The lowest BCUT2D eigenvalue weighted by molar-refractivity contribution is -0.138. The molecule has 1 saturated heterocycles. The third-order valence-electron chi connectivity index (χ3n) is 3.16. The zero-order chi connectivity index (χ0) is 13.7. The highest BCUT2D eigenvalue weighted by Crippen LogP contribution is 2.13. The number of nitrogens with zero attached hydrogens (tertiary/aromatic N) is 1. The number of rotatable bonds is 5. The van der Waals surface area contributed by atoms with Gasteiger partial charge in [0.05, 0.1) is 6.04 Å². The normalized spacial score (nSPS) is 25.3. The summed E-state index contributed by atoms with van der Waals surface area (Å²) in [7, 11) is 0. The molecule has 0 radical (unpaired) electrons. The van der Waals surface area contributed by atoms with Crippen molar-refractivity contribution in [1.82, 2.24) is 10.2 Å². The van der Waals surface area contributed by atoms with Crippen LogP contribution in [0.2, 0.25) is 0 Å². The molecule has 1 fully saturated rings. The Hall–Kier alpha value is -1.10. The van der Waals surface area contributed by atoms with Gasteiger partial charge in [0, 0.05) is 25.6 Å². The molecule has 2 atom stereocenters. The zero-order valence-corrected chi connectivity index (χ0v) is 11.5. The van der Waals surface area contributed by atoms with Gasteiger partial charge in [0.15, 0.2) is 0 Å². The standard InChI is InChI=1S/C13H24N2O3/c1-9(2)8-15-7-6-10(3)14-11(13(15)18)4-5-12(16)17/h9-11,14H,4-8H2,1-3H3,(H,16,17). The molecule has 0 aromatic rings. The van der Waals surface area contributed by atoms with Crippen LogP contribution in [0, 0.1) is 5.92 Å². The van der Waals surface area contributed by atoms with Crippen LogP contribution in [0.15, 0.2) is 0 Å². The van der Waals surface area contributed by atoms with Gasteiger partial charge in [0.25, 0.3) is 0 Å². The van der Waals surface area contributed by atoms with E-state index in [0.717, 1.165) is 19.5 Å². The highest BCUT2D eigenvalue weighted by molar-refractivity contribution is 5.82. The summed E-state index contributed by atoms with van der Waals surface area (Å²) in [6, 6.07) is -0.0951. The van der Waals surface area contributed by atoms with Crippen LogP contribution < -0.4 is 5.32 Å². The minimum atomic E-state index is -0.850. The van der Waals surface area contributed by atoms with Gasteiger partial charge < -0.3 is 15.3 Å².